The lowest BCUT2D eigenvalue weighted by molar-refractivity contribution is -0.146. The molecule has 0 aromatic heterocycles. The van der Waals surface area contributed by atoms with E-state index in [9.17, 15) is 9.59 Å². The second-order valence-corrected chi connectivity index (χ2v) is 5.58. The Morgan fingerprint density at radius 2 is 2.00 bits per heavy atom. The number of methoxy groups -OCH3 is 1. The van der Waals surface area contributed by atoms with Gasteiger partial charge in [-0.2, -0.15) is 0 Å². The third kappa shape index (κ3) is 4.04. The lowest BCUT2D eigenvalue weighted by Gasteiger charge is -2.23. The van der Waals surface area contributed by atoms with E-state index in [0.29, 0.717) is 6.42 Å². The largest absolute Gasteiger partial charge is 0.469 e. The Morgan fingerprint density at radius 1 is 1.38 bits per heavy atom. The zero-order valence-electron chi connectivity index (χ0n) is 12.5. The number of nitrogens with two attached hydrogens (primary N) is 1. The summed E-state index contributed by atoms with van der Waals surface area (Å²) in [7, 11) is 3.10. The van der Waals surface area contributed by atoms with Crippen LogP contribution >= 0.6 is 0 Å². The van der Waals surface area contributed by atoms with Gasteiger partial charge in [-0.25, -0.2) is 0 Å². The maximum absolute atomic E-state index is 12.6. The van der Waals surface area contributed by atoms with Crippen molar-refractivity contribution in [3.8, 4) is 0 Å². The van der Waals surface area contributed by atoms with Crippen LogP contribution in [0.3, 0.4) is 0 Å². The van der Waals surface area contributed by atoms with Crippen molar-refractivity contribution in [3.63, 3.8) is 0 Å². The summed E-state index contributed by atoms with van der Waals surface area (Å²) >= 11 is 0. The molecule has 3 atom stereocenters. The number of carbonyl (C=O) groups is 2. The molecule has 1 aromatic rings. The van der Waals surface area contributed by atoms with Crippen molar-refractivity contribution in [2.45, 2.75) is 31.3 Å². The van der Waals surface area contributed by atoms with Crippen LogP contribution in [0.2, 0.25) is 0 Å². The lowest BCUT2D eigenvalue weighted by atomic mass is 9.94. The van der Waals surface area contributed by atoms with Gasteiger partial charge in [-0.3, -0.25) is 9.59 Å². The first-order chi connectivity index (χ1) is 10.0. The number of ether oxygens (including phenoxy) is 1. The number of esters is 1. The molecule has 5 nitrogen and oxygen atoms in total. The van der Waals surface area contributed by atoms with Crippen molar-refractivity contribution >= 4 is 11.9 Å². The maximum atomic E-state index is 12.6. The standard InChI is InChI=1S/C16H22N2O3/c1-18(14-10-13(14)17)16(20)12(9-15(19)21-2)8-11-6-4-3-5-7-11/h3-7,12-14H,8-10,17H2,1-2H3/t12-,13?,14?/m1/s1. The predicted molar refractivity (Wildman–Crippen MR) is 79.4 cm³/mol. The molecule has 1 aliphatic carbocycles. The van der Waals surface area contributed by atoms with Gasteiger partial charge in [0, 0.05) is 19.1 Å². The van der Waals surface area contributed by atoms with Gasteiger partial charge >= 0.3 is 5.97 Å². The van der Waals surface area contributed by atoms with Crippen LogP contribution in [0.1, 0.15) is 18.4 Å². The van der Waals surface area contributed by atoms with Crippen LogP contribution in [-0.2, 0) is 20.7 Å². The van der Waals surface area contributed by atoms with E-state index in [1.807, 2.05) is 30.3 Å². The van der Waals surface area contributed by atoms with Crippen LogP contribution in [0.5, 0.6) is 0 Å². The zero-order valence-corrected chi connectivity index (χ0v) is 12.5. The summed E-state index contributed by atoms with van der Waals surface area (Å²) in [5, 5.41) is 0. The van der Waals surface area contributed by atoms with Crippen molar-refractivity contribution < 1.29 is 14.3 Å². The molecule has 1 saturated carbocycles. The van der Waals surface area contributed by atoms with Crippen molar-refractivity contribution in [1.82, 2.24) is 4.90 Å². The maximum Gasteiger partial charge on any atom is 0.306 e. The average molecular weight is 290 g/mol. The molecule has 1 amide bonds. The van der Waals surface area contributed by atoms with Crippen LogP contribution < -0.4 is 5.73 Å². The molecular formula is C16H22N2O3. The molecular weight excluding hydrogens is 268 g/mol. The van der Waals surface area contributed by atoms with Gasteiger partial charge in [-0.1, -0.05) is 30.3 Å². The van der Waals surface area contributed by atoms with Crippen molar-refractivity contribution in [2.75, 3.05) is 14.2 Å². The minimum Gasteiger partial charge on any atom is -0.469 e. The average Bonchev–Trinajstić information content (AvgIpc) is 3.23. The van der Waals surface area contributed by atoms with Gasteiger partial charge in [0.2, 0.25) is 5.91 Å². The summed E-state index contributed by atoms with van der Waals surface area (Å²) in [6.07, 6.45) is 1.45. The van der Waals surface area contributed by atoms with Crippen LogP contribution in [0.4, 0.5) is 0 Å². The van der Waals surface area contributed by atoms with E-state index in [2.05, 4.69) is 0 Å². The first kappa shape index (κ1) is 15.5. The van der Waals surface area contributed by atoms with Crippen LogP contribution in [0.25, 0.3) is 0 Å². The van der Waals surface area contributed by atoms with Gasteiger partial charge in [0.15, 0.2) is 0 Å². The number of rotatable bonds is 6. The first-order valence-electron chi connectivity index (χ1n) is 7.16. The minimum atomic E-state index is -0.405. The highest BCUT2D eigenvalue weighted by Gasteiger charge is 2.41. The monoisotopic (exact) mass is 290 g/mol. The minimum absolute atomic E-state index is 0.0396. The third-order valence-electron chi connectivity index (χ3n) is 3.96. The molecule has 0 aliphatic heterocycles. The Bertz CT molecular complexity index is 504. The summed E-state index contributed by atoms with van der Waals surface area (Å²) < 4.78 is 4.71. The summed E-state index contributed by atoms with van der Waals surface area (Å²) in [5.41, 5.74) is 6.84. The number of likely N-dealkylation sites (N-methyl/N-ethyl adjacent to an activating group) is 1. The molecule has 0 spiro atoms. The molecule has 1 aliphatic rings. The Labute approximate surface area is 125 Å². The number of carbonyl (C=O) groups excluding carboxylic acids is 2. The molecule has 0 heterocycles. The number of hydrogen-bond acceptors (Lipinski definition) is 4. The lowest BCUT2D eigenvalue weighted by Crippen LogP contribution is -2.38. The Balaban J connectivity index is 2.07. The van der Waals surface area contributed by atoms with Gasteiger partial charge in [0.25, 0.3) is 0 Å². The van der Waals surface area contributed by atoms with Gasteiger partial charge in [-0.15, -0.1) is 0 Å². The summed E-state index contributed by atoms with van der Waals surface area (Å²) in [6.45, 7) is 0. The molecule has 5 heteroatoms. The van der Waals surface area contributed by atoms with Crippen LogP contribution in [0, 0.1) is 5.92 Å². The molecule has 0 radical (unpaired) electrons. The van der Waals surface area contributed by atoms with E-state index < -0.39 is 5.92 Å². The fourth-order valence-electron chi connectivity index (χ4n) is 2.53. The summed E-state index contributed by atoms with van der Waals surface area (Å²) in [6, 6.07) is 9.87. The Hall–Kier alpha value is -1.88. The van der Waals surface area contributed by atoms with Gasteiger partial charge in [0.1, 0.15) is 0 Å². The van der Waals surface area contributed by atoms with E-state index in [-0.39, 0.29) is 30.4 Å². The van der Waals surface area contributed by atoms with Gasteiger partial charge in [-0.05, 0) is 18.4 Å². The predicted octanol–water partition coefficient (Wildman–Crippen LogP) is 0.966. The van der Waals surface area contributed by atoms with Gasteiger partial charge < -0.3 is 15.4 Å². The molecule has 2 N–H and O–H groups in total. The fourth-order valence-corrected chi connectivity index (χ4v) is 2.53. The fraction of sp³-hybridized carbons (Fsp3) is 0.500. The summed E-state index contributed by atoms with van der Waals surface area (Å²) in [4.78, 5) is 25.8. The molecule has 2 rings (SSSR count). The topological polar surface area (TPSA) is 72.6 Å². The zero-order chi connectivity index (χ0) is 15.4. The number of amides is 1. The van der Waals surface area contributed by atoms with E-state index >= 15 is 0 Å². The number of hydrogen-bond donors (Lipinski definition) is 1. The van der Waals surface area contributed by atoms with Crippen LogP contribution in [0.15, 0.2) is 30.3 Å². The number of benzene rings is 1. The second kappa shape index (κ2) is 6.72. The highest BCUT2D eigenvalue weighted by molar-refractivity contribution is 5.84. The van der Waals surface area contributed by atoms with E-state index in [4.69, 9.17) is 10.5 Å². The van der Waals surface area contributed by atoms with Crippen LogP contribution in [-0.4, -0.2) is 43.0 Å². The van der Waals surface area contributed by atoms with Gasteiger partial charge in [0.05, 0.1) is 19.4 Å². The smallest absolute Gasteiger partial charge is 0.306 e. The quantitative estimate of drug-likeness (QED) is 0.792. The van der Waals surface area contributed by atoms with E-state index in [1.54, 1.807) is 11.9 Å². The van der Waals surface area contributed by atoms with Crippen molar-refractivity contribution in [2.24, 2.45) is 11.7 Å². The second-order valence-electron chi connectivity index (χ2n) is 5.58. The first-order valence-corrected chi connectivity index (χ1v) is 7.16. The van der Waals surface area contributed by atoms with Crippen molar-refractivity contribution in [1.29, 1.82) is 0 Å². The highest BCUT2D eigenvalue weighted by Crippen LogP contribution is 2.27. The van der Waals surface area contributed by atoms with Crippen molar-refractivity contribution in [3.05, 3.63) is 35.9 Å². The molecule has 114 valence electrons. The van der Waals surface area contributed by atoms with E-state index in [0.717, 1.165) is 12.0 Å². The number of nitrogens with zero attached hydrogens (tertiary/aromatic N) is 1. The molecule has 0 saturated heterocycles. The molecule has 21 heavy (non-hydrogen) atoms. The highest BCUT2D eigenvalue weighted by atomic mass is 16.5. The molecule has 0 bridgehead atoms. The molecule has 1 fully saturated rings. The Kier molecular flexibility index (Phi) is 4.96. The summed E-state index contributed by atoms with van der Waals surface area (Å²) in [5.74, 6) is -0.808. The SMILES string of the molecule is COC(=O)C[C@@H](Cc1ccccc1)C(=O)N(C)C1CC1N. The molecule has 1 aromatic carbocycles. The third-order valence-corrected chi connectivity index (χ3v) is 3.96. The van der Waals surface area contributed by atoms with E-state index in [1.165, 1.54) is 7.11 Å². The Morgan fingerprint density at radius 3 is 2.52 bits per heavy atom. The normalized spacial score (nSPS) is 21.5. The molecule has 2 unspecified atom stereocenters.